The van der Waals surface area contributed by atoms with Crippen molar-refractivity contribution in [2.75, 3.05) is 0 Å². The lowest BCUT2D eigenvalue weighted by atomic mass is 9.93. The zero-order chi connectivity index (χ0) is 25.8. The summed E-state index contributed by atoms with van der Waals surface area (Å²) in [5.74, 6) is 1.65. The molecule has 0 atom stereocenters. The fourth-order valence-electron chi connectivity index (χ4n) is 6.24. The van der Waals surface area contributed by atoms with E-state index in [4.69, 9.17) is 9.31 Å². The molecule has 0 aliphatic heterocycles. The second kappa shape index (κ2) is 8.78. The van der Waals surface area contributed by atoms with E-state index in [0.29, 0.717) is 0 Å². The number of benzene rings is 8. The van der Waals surface area contributed by atoms with Crippen LogP contribution in [-0.2, 0) is 0 Å². The topological polar surface area (TPSA) is 18.5 Å². The molecule has 39 heavy (non-hydrogen) atoms. The molecule has 0 spiro atoms. The smallest absolute Gasteiger partial charge is 0.528 e. The minimum absolute atomic E-state index is 0.112. The van der Waals surface area contributed by atoms with Crippen molar-refractivity contribution < 1.29 is 9.31 Å². The van der Waals surface area contributed by atoms with Crippen molar-refractivity contribution in [1.82, 2.24) is 0 Å². The Hall–Kier alpha value is -5.02. The maximum absolute atomic E-state index is 6.41. The monoisotopic (exact) mass is 498 g/mol. The van der Waals surface area contributed by atoms with Gasteiger partial charge in [-0.1, -0.05) is 121 Å². The van der Waals surface area contributed by atoms with Crippen LogP contribution >= 0.6 is 0 Å². The summed E-state index contributed by atoms with van der Waals surface area (Å²) in [6.07, 6.45) is 0. The molecule has 8 aromatic rings. The van der Waals surface area contributed by atoms with E-state index in [1.165, 1.54) is 53.9 Å². The summed E-state index contributed by atoms with van der Waals surface area (Å²) in [4.78, 5) is 0. The van der Waals surface area contributed by atoms with Gasteiger partial charge in [0.1, 0.15) is 11.5 Å². The lowest BCUT2D eigenvalue weighted by Crippen LogP contribution is -2.11. The van der Waals surface area contributed by atoms with E-state index in [2.05, 4.69) is 121 Å². The lowest BCUT2D eigenvalue weighted by Gasteiger charge is -2.16. The summed E-state index contributed by atoms with van der Waals surface area (Å²) in [6.45, 7) is 0. The predicted molar refractivity (Wildman–Crippen MR) is 166 cm³/mol. The Labute approximate surface area is 226 Å². The van der Waals surface area contributed by atoms with Crippen LogP contribution in [0.2, 0.25) is 0 Å². The molecule has 0 amide bonds. The molecule has 0 unspecified atom stereocenters. The van der Waals surface area contributed by atoms with Crippen molar-refractivity contribution in [3.63, 3.8) is 0 Å². The number of hydrogen-bond donors (Lipinski definition) is 0. The molecule has 0 saturated carbocycles. The molecule has 0 aromatic heterocycles. The van der Waals surface area contributed by atoms with Crippen LogP contribution in [0.3, 0.4) is 0 Å². The quantitative estimate of drug-likeness (QED) is 0.178. The Morgan fingerprint density at radius 3 is 0.872 bits per heavy atom. The van der Waals surface area contributed by atoms with Crippen molar-refractivity contribution in [3.8, 4) is 11.5 Å². The summed E-state index contributed by atoms with van der Waals surface area (Å²) >= 11 is 0. The first kappa shape index (κ1) is 22.0. The van der Waals surface area contributed by atoms with Crippen LogP contribution in [0, 0.1) is 0 Å². The van der Waals surface area contributed by atoms with Gasteiger partial charge < -0.3 is 9.31 Å². The average molecular weight is 498 g/mol. The predicted octanol–water partition coefficient (Wildman–Crippen LogP) is 9.33. The van der Waals surface area contributed by atoms with Gasteiger partial charge in [-0.15, -0.1) is 0 Å². The highest BCUT2D eigenvalue weighted by atomic mass is 16.6. The van der Waals surface area contributed by atoms with E-state index in [1.54, 1.807) is 0 Å². The van der Waals surface area contributed by atoms with Gasteiger partial charge in [0.05, 0.1) is 0 Å². The van der Waals surface area contributed by atoms with Gasteiger partial charge in [0.25, 0.3) is 0 Å². The van der Waals surface area contributed by atoms with E-state index in [1.807, 2.05) is 12.1 Å². The van der Waals surface area contributed by atoms with Crippen LogP contribution in [0.1, 0.15) is 0 Å². The van der Waals surface area contributed by atoms with Gasteiger partial charge in [-0.25, -0.2) is 0 Å². The van der Waals surface area contributed by atoms with Crippen LogP contribution in [0.5, 0.6) is 11.5 Å². The third kappa shape index (κ3) is 3.37. The minimum Gasteiger partial charge on any atom is -0.528 e. The fourth-order valence-corrected chi connectivity index (χ4v) is 6.24. The van der Waals surface area contributed by atoms with Crippen LogP contribution in [0.25, 0.3) is 64.6 Å². The first-order valence-corrected chi connectivity index (χ1v) is 13.3. The summed E-state index contributed by atoms with van der Waals surface area (Å²) in [5, 5.41) is 14.4. The Kier molecular flexibility index (Phi) is 4.96. The zero-order valence-electron chi connectivity index (χ0n) is 21.2. The van der Waals surface area contributed by atoms with E-state index < -0.39 is 0 Å². The van der Waals surface area contributed by atoms with Gasteiger partial charge in [0.2, 0.25) is 0 Å². The molecule has 0 radical (unpaired) electrons. The molecule has 3 heteroatoms. The second-order valence-electron chi connectivity index (χ2n) is 9.95. The molecule has 0 fully saturated rings. The fraction of sp³-hybridized carbons (Fsp3) is 0. The van der Waals surface area contributed by atoms with Gasteiger partial charge in [0, 0.05) is 10.8 Å². The molecule has 0 N–H and O–H groups in total. The third-order valence-corrected chi connectivity index (χ3v) is 7.89. The van der Waals surface area contributed by atoms with Crippen molar-refractivity contribution in [1.29, 1.82) is 0 Å². The van der Waals surface area contributed by atoms with Crippen LogP contribution in [0.4, 0.5) is 0 Å². The zero-order valence-corrected chi connectivity index (χ0v) is 21.2. The molecule has 0 bridgehead atoms. The molecular weight excluding hydrogens is 475 g/mol. The number of hydrogen-bond acceptors (Lipinski definition) is 2. The summed E-state index contributed by atoms with van der Waals surface area (Å²) in [7, 11) is 0.112. The minimum atomic E-state index is 0.112. The molecule has 0 aliphatic carbocycles. The molecule has 8 aromatic carbocycles. The highest BCUT2D eigenvalue weighted by Crippen LogP contribution is 2.41. The van der Waals surface area contributed by atoms with Crippen LogP contribution in [0.15, 0.2) is 133 Å². The molecule has 0 saturated heterocycles. The first-order valence-electron chi connectivity index (χ1n) is 13.3. The molecule has 182 valence electrons. The average Bonchev–Trinajstić information content (AvgIpc) is 3.01. The normalized spacial score (nSPS) is 11.6. The van der Waals surface area contributed by atoms with Crippen molar-refractivity contribution in [3.05, 3.63) is 133 Å². The van der Waals surface area contributed by atoms with Crippen LogP contribution < -0.4 is 9.31 Å². The van der Waals surface area contributed by atoms with Crippen molar-refractivity contribution in [2.24, 2.45) is 0 Å². The van der Waals surface area contributed by atoms with Crippen molar-refractivity contribution in [2.45, 2.75) is 0 Å². The van der Waals surface area contributed by atoms with E-state index >= 15 is 0 Å². The molecule has 0 aliphatic rings. The second-order valence-corrected chi connectivity index (χ2v) is 9.95. The summed E-state index contributed by atoms with van der Waals surface area (Å²) in [6, 6.07) is 46.9. The van der Waals surface area contributed by atoms with E-state index in [-0.39, 0.29) is 7.69 Å². The Balaban J connectivity index is 1.25. The molecule has 0 heterocycles. The largest absolute Gasteiger partial charge is 0.576 e. The van der Waals surface area contributed by atoms with Gasteiger partial charge in [-0.2, -0.15) is 0 Å². The van der Waals surface area contributed by atoms with Gasteiger partial charge in [-0.3, -0.25) is 0 Å². The highest BCUT2D eigenvalue weighted by Gasteiger charge is 2.15. The molecule has 2 nitrogen and oxygen atoms in total. The van der Waals surface area contributed by atoms with Gasteiger partial charge >= 0.3 is 7.69 Å². The van der Waals surface area contributed by atoms with E-state index in [9.17, 15) is 0 Å². The lowest BCUT2D eigenvalue weighted by molar-refractivity contribution is 0.465. The van der Waals surface area contributed by atoms with Gasteiger partial charge in [0.15, 0.2) is 0 Å². The van der Waals surface area contributed by atoms with E-state index in [0.717, 1.165) is 22.3 Å². The summed E-state index contributed by atoms with van der Waals surface area (Å²) in [5.41, 5.74) is 0. The van der Waals surface area contributed by atoms with Crippen LogP contribution in [-0.4, -0.2) is 7.69 Å². The van der Waals surface area contributed by atoms with Gasteiger partial charge in [-0.05, 0) is 66.0 Å². The maximum atomic E-state index is 6.41. The Morgan fingerprint density at radius 2 is 0.538 bits per heavy atom. The maximum Gasteiger partial charge on any atom is 0.576 e. The van der Waals surface area contributed by atoms with Crippen molar-refractivity contribution >= 4 is 72.3 Å². The Bertz CT molecular complexity index is 1970. The Morgan fingerprint density at radius 1 is 0.282 bits per heavy atom. The first-order chi connectivity index (χ1) is 19.4. The molecular formula is C36H23BO2. The third-order valence-electron chi connectivity index (χ3n) is 7.89. The number of fused-ring (bicyclic) bond motifs is 12. The standard InChI is InChI=1S/C36H23BO2/c1-3-13-27-23(11-1)25-15-5-7-17-29(25)35-31(27)19-9-21-33(35)38-37-39-34-22-10-20-32-28-14-4-2-12-24(28)26-16-6-8-18-30(26)36(32)34/h1-22,37H. The SMILES string of the molecule is B(Oc1cccc2c3ccccc3c3ccccc3c12)Oc1cccc2c3ccccc3c3ccccc3c12. The number of rotatable bonds is 4. The molecule has 8 rings (SSSR count). The summed E-state index contributed by atoms with van der Waals surface area (Å²) < 4.78 is 12.8. The highest BCUT2D eigenvalue weighted by molar-refractivity contribution is 6.30.